The van der Waals surface area contributed by atoms with E-state index in [0.29, 0.717) is 10.6 Å². The number of amidine groups is 1. The topological polar surface area (TPSA) is 58.5 Å². The van der Waals surface area contributed by atoms with Crippen LogP contribution in [-0.2, 0) is 10.0 Å². The quantitative estimate of drug-likeness (QED) is 0.453. The molecule has 0 aliphatic heterocycles. The Bertz CT molecular complexity index is 1120. The van der Waals surface area contributed by atoms with Gasteiger partial charge < -0.3 is 5.32 Å². The van der Waals surface area contributed by atoms with E-state index in [1.54, 1.807) is 48.5 Å². The van der Waals surface area contributed by atoms with Crippen LogP contribution < -0.4 is 5.32 Å². The van der Waals surface area contributed by atoms with E-state index in [9.17, 15) is 8.42 Å². The van der Waals surface area contributed by atoms with Crippen LogP contribution in [0.1, 0.15) is 22.3 Å². The van der Waals surface area contributed by atoms with Gasteiger partial charge in [-0.3, -0.25) is 0 Å². The van der Waals surface area contributed by atoms with E-state index in [1.165, 1.54) is 0 Å². The third-order valence-corrected chi connectivity index (χ3v) is 5.83. The van der Waals surface area contributed by atoms with Crippen LogP contribution >= 0.6 is 11.6 Å². The predicted molar refractivity (Wildman–Crippen MR) is 116 cm³/mol. The summed E-state index contributed by atoms with van der Waals surface area (Å²) < 4.78 is 29.8. The second kappa shape index (κ2) is 8.17. The molecule has 3 rings (SSSR count). The minimum atomic E-state index is -3.88. The van der Waals surface area contributed by atoms with Gasteiger partial charge in [0.1, 0.15) is 0 Å². The first-order valence-electron chi connectivity index (χ1n) is 8.76. The van der Waals surface area contributed by atoms with Crippen LogP contribution in [0, 0.1) is 20.8 Å². The Morgan fingerprint density at radius 1 is 0.857 bits per heavy atom. The van der Waals surface area contributed by atoms with Gasteiger partial charge in [-0.25, -0.2) is 0 Å². The number of nitrogens with one attached hydrogen (secondary N) is 1. The molecule has 0 atom stereocenters. The van der Waals surface area contributed by atoms with Crippen LogP contribution in [0.3, 0.4) is 0 Å². The van der Waals surface area contributed by atoms with Crippen molar-refractivity contribution in [3.05, 3.63) is 94.0 Å². The smallest absolute Gasteiger partial charge is 0.284 e. The van der Waals surface area contributed by atoms with E-state index >= 15 is 0 Å². The van der Waals surface area contributed by atoms with Gasteiger partial charge in [-0.2, -0.15) is 8.42 Å². The summed E-state index contributed by atoms with van der Waals surface area (Å²) in [7, 11) is -3.88. The summed E-state index contributed by atoms with van der Waals surface area (Å²) in [5.41, 5.74) is 4.52. The fourth-order valence-corrected chi connectivity index (χ4v) is 3.82. The van der Waals surface area contributed by atoms with E-state index in [1.807, 2.05) is 39.0 Å². The molecule has 0 aliphatic carbocycles. The molecule has 0 aliphatic rings. The normalized spacial score (nSPS) is 12.1. The number of rotatable bonds is 4. The standard InChI is InChI=1S/C22H21ClN2O2S/c1-15-4-11-20(12-5-15)28(26,27)25-22(18-7-9-19(23)10-8-18)24-21-13-6-16(2)14-17(21)3/h4-14H,1-3H3,(H,24,25). The first-order valence-corrected chi connectivity index (χ1v) is 10.6. The molecule has 3 aromatic rings. The number of nitrogens with zero attached hydrogens (tertiary/aromatic N) is 1. The highest BCUT2D eigenvalue weighted by molar-refractivity contribution is 7.90. The molecule has 3 aromatic carbocycles. The first kappa shape index (κ1) is 20.1. The fourth-order valence-electron chi connectivity index (χ4n) is 2.72. The van der Waals surface area contributed by atoms with Crippen LogP contribution in [0.2, 0.25) is 5.02 Å². The zero-order chi connectivity index (χ0) is 20.3. The lowest BCUT2D eigenvalue weighted by molar-refractivity contribution is 0.598. The van der Waals surface area contributed by atoms with E-state index in [2.05, 4.69) is 9.71 Å². The number of sulfonamides is 1. The molecule has 144 valence electrons. The number of aryl methyl sites for hydroxylation is 3. The Hall–Kier alpha value is -2.63. The summed E-state index contributed by atoms with van der Waals surface area (Å²) in [4.78, 5) is 0.145. The maximum Gasteiger partial charge on any atom is 0.284 e. The third kappa shape index (κ3) is 4.80. The van der Waals surface area contributed by atoms with Crippen molar-refractivity contribution < 1.29 is 8.42 Å². The van der Waals surface area contributed by atoms with Crippen molar-refractivity contribution in [2.75, 3.05) is 5.32 Å². The van der Waals surface area contributed by atoms with E-state index in [-0.39, 0.29) is 10.7 Å². The Morgan fingerprint density at radius 3 is 2.07 bits per heavy atom. The molecular weight excluding hydrogens is 392 g/mol. The van der Waals surface area contributed by atoms with Gasteiger partial charge in [-0.15, -0.1) is 4.40 Å². The molecule has 0 heterocycles. The largest absolute Gasteiger partial charge is 0.339 e. The van der Waals surface area contributed by atoms with Gasteiger partial charge >= 0.3 is 0 Å². The summed E-state index contributed by atoms with van der Waals surface area (Å²) in [5, 5.41) is 3.74. The molecule has 0 bridgehead atoms. The van der Waals surface area contributed by atoms with Crippen molar-refractivity contribution >= 4 is 33.1 Å². The molecule has 0 spiro atoms. The third-order valence-electron chi connectivity index (χ3n) is 4.28. The van der Waals surface area contributed by atoms with Crippen LogP contribution in [0.5, 0.6) is 0 Å². The zero-order valence-electron chi connectivity index (χ0n) is 15.9. The molecule has 4 nitrogen and oxygen atoms in total. The van der Waals surface area contributed by atoms with Crippen molar-refractivity contribution in [2.24, 2.45) is 4.40 Å². The highest BCUT2D eigenvalue weighted by Gasteiger charge is 2.16. The van der Waals surface area contributed by atoms with Gasteiger partial charge in [0, 0.05) is 16.3 Å². The van der Waals surface area contributed by atoms with Crippen molar-refractivity contribution in [3.63, 3.8) is 0 Å². The second-order valence-corrected chi connectivity index (χ2v) is 8.72. The summed E-state index contributed by atoms with van der Waals surface area (Å²) in [6, 6.07) is 19.4. The lowest BCUT2D eigenvalue weighted by atomic mass is 10.1. The molecule has 6 heteroatoms. The predicted octanol–water partition coefficient (Wildman–Crippen LogP) is 5.51. The molecule has 0 aromatic heterocycles. The number of anilines is 1. The van der Waals surface area contributed by atoms with Gasteiger partial charge in [0.2, 0.25) is 0 Å². The Kier molecular flexibility index (Phi) is 5.87. The lowest BCUT2D eigenvalue weighted by Gasteiger charge is -2.13. The Morgan fingerprint density at radius 2 is 1.46 bits per heavy atom. The fraction of sp³-hybridized carbons (Fsp3) is 0.136. The monoisotopic (exact) mass is 412 g/mol. The van der Waals surface area contributed by atoms with E-state index in [4.69, 9.17) is 11.6 Å². The minimum Gasteiger partial charge on any atom is -0.339 e. The lowest BCUT2D eigenvalue weighted by Crippen LogP contribution is -2.17. The number of halogens is 1. The van der Waals surface area contributed by atoms with Crippen LogP contribution in [0.15, 0.2) is 76.0 Å². The van der Waals surface area contributed by atoms with Gasteiger partial charge in [0.15, 0.2) is 5.84 Å². The van der Waals surface area contributed by atoms with Crippen molar-refractivity contribution in [3.8, 4) is 0 Å². The van der Waals surface area contributed by atoms with Gasteiger partial charge in [-0.1, -0.05) is 47.0 Å². The summed E-state index contributed by atoms with van der Waals surface area (Å²) in [5.74, 6) is 0.240. The highest BCUT2D eigenvalue weighted by Crippen LogP contribution is 2.21. The molecule has 0 fully saturated rings. The van der Waals surface area contributed by atoms with E-state index < -0.39 is 10.0 Å². The van der Waals surface area contributed by atoms with Crippen LogP contribution in [0.4, 0.5) is 5.69 Å². The van der Waals surface area contributed by atoms with Crippen molar-refractivity contribution in [2.45, 2.75) is 25.7 Å². The molecule has 0 saturated carbocycles. The second-order valence-electron chi connectivity index (χ2n) is 6.68. The van der Waals surface area contributed by atoms with E-state index in [0.717, 1.165) is 22.4 Å². The van der Waals surface area contributed by atoms with Gasteiger partial charge in [0.05, 0.1) is 4.90 Å². The average Bonchev–Trinajstić information content (AvgIpc) is 2.64. The van der Waals surface area contributed by atoms with Gasteiger partial charge in [-0.05, 0) is 68.8 Å². The summed E-state index contributed by atoms with van der Waals surface area (Å²) in [6.45, 7) is 5.87. The minimum absolute atomic E-state index is 0.145. The van der Waals surface area contributed by atoms with Crippen molar-refractivity contribution in [1.82, 2.24) is 0 Å². The number of benzene rings is 3. The number of hydrogen-bond donors (Lipinski definition) is 1. The maximum atomic E-state index is 12.9. The SMILES string of the molecule is Cc1ccc(S(=O)(=O)/N=C(\Nc2ccc(C)cc2C)c2ccc(Cl)cc2)cc1. The van der Waals surface area contributed by atoms with Gasteiger partial charge in [0.25, 0.3) is 10.0 Å². The van der Waals surface area contributed by atoms with Crippen LogP contribution in [0.25, 0.3) is 0 Å². The Balaban J connectivity index is 2.08. The summed E-state index contributed by atoms with van der Waals surface area (Å²) >= 11 is 5.98. The molecule has 0 saturated heterocycles. The maximum absolute atomic E-state index is 12.9. The molecule has 1 N–H and O–H groups in total. The Labute approximate surface area is 171 Å². The molecule has 0 amide bonds. The molecule has 0 unspecified atom stereocenters. The molecule has 0 radical (unpaired) electrons. The first-order chi connectivity index (χ1) is 13.2. The highest BCUT2D eigenvalue weighted by atomic mass is 35.5. The number of hydrogen-bond acceptors (Lipinski definition) is 2. The average molecular weight is 413 g/mol. The molecule has 28 heavy (non-hydrogen) atoms. The zero-order valence-corrected chi connectivity index (χ0v) is 17.5. The molecular formula is C22H21ClN2O2S. The van der Waals surface area contributed by atoms with Crippen LogP contribution in [-0.4, -0.2) is 14.3 Å². The van der Waals surface area contributed by atoms with Crippen molar-refractivity contribution in [1.29, 1.82) is 0 Å². The summed E-state index contributed by atoms with van der Waals surface area (Å²) in [6.07, 6.45) is 0.